The number of allylic oxidation sites excluding steroid dienone is 1. The molecule has 1 saturated heterocycles. The number of likely N-dealkylation sites (tertiary alicyclic amines) is 1. The Kier molecular flexibility index (Phi) is 8.74. The lowest BCUT2D eigenvalue weighted by molar-refractivity contribution is -0.133. The zero-order chi connectivity index (χ0) is 12.0. The molecular formula is C12H23ClN2OS. The molecule has 0 bridgehead atoms. The first-order valence-electron chi connectivity index (χ1n) is 5.85. The summed E-state index contributed by atoms with van der Waals surface area (Å²) in [6, 6.07) is -0.312. The van der Waals surface area contributed by atoms with E-state index in [0.29, 0.717) is 5.92 Å². The van der Waals surface area contributed by atoms with Gasteiger partial charge in [-0.2, -0.15) is 11.8 Å². The van der Waals surface area contributed by atoms with Gasteiger partial charge in [0.1, 0.15) is 0 Å². The van der Waals surface area contributed by atoms with Gasteiger partial charge >= 0.3 is 0 Å². The van der Waals surface area contributed by atoms with E-state index in [1.165, 1.54) is 0 Å². The Morgan fingerprint density at radius 3 is 2.65 bits per heavy atom. The zero-order valence-corrected chi connectivity index (χ0v) is 12.1. The molecule has 1 heterocycles. The van der Waals surface area contributed by atoms with Gasteiger partial charge in [0.25, 0.3) is 0 Å². The molecule has 0 aliphatic carbocycles. The third kappa shape index (κ3) is 5.32. The van der Waals surface area contributed by atoms with Crippen LogP contribution >= 0.6 is 24.2 Å². The van der Waals surface area contributed by atoms with Crippen molar-refractivity contribution < 1.29 is 4.79 Å². The second-order valence-electron chi connectivity index (χ2n) is 4.29. The van der Waals surface area contributed by atoms with Crippen LogP contribution in [0.4, 0.5) is 0 Å². The molecule has 0 spiro atoms. The van der Waals surface area contributed by atoms with Gasteiger partial charge in [-0.25, -0.2) is 0 Å². The van der Waals surface area contributed by atoms with Crippen molar-refractivity contribution in [2.75, 3.05) is 25.1 Å². The number of halogens is 1. The van der Waals surface area contributed by atoms with Crippen LogP contribution in [0.5, 0.6) is 0 Å². The maximum atomic E-state index is 12.0. The first kappa shape index (κ1) is 16.8. The Morgan fingerprint density at radius 2 is 2.18 bits per heavy atom. The molecule has 1 amide bonds. The van der Waals surface area contributed by atoms with Gasteiger partial charge in [-0.05, 0) is 37.2 Å². The van der Waals surface area contributed by atoms with Crippen molar-refractivity contribution in [2.45, 2.75) is 25.3 Å². The van der Waals surface area contributed by atoms with Crippen LogP contribution in [0.2, 0.25) is 0 Å². The Morgan fingerprint density at radius 1 is 1.59 bits per heavy atom. The standard InChI is InChI=1S/C12H22N2OS.ClH/c1-3-10-4-7-14(8-5-10)12(15)11(13)6-9-16-2;/h3,10-11H,1,4-9,13H2,2H3;1H/t11-;/m0./s1. The van der Waals surface area contributed by atoms with E-state index in [1.807, 2.05) is 17.2 Å². The molecule has 0 aromatic rings. The van der Waals surface area contributed by atoms with Gasteiger partial charge in [-0.3, -0.25) is 4.79 Å². The van der Waals surface area contributed by atoms with E-state index < -0.39 is 0 Å². The van der Waals surface area contributed by atoms with Crippen molar-refractivity contribution in [2.24, 2.45) is 11.7 Å². The molecule has 2 N–H and O–H groups in total. The Bertz CT molecular complexity index is 243. The van der Waals surface area contributed by atoms with Crippen molar-refractivity contribution in [1.29, 1.82) is 0 Å². The number of thioether (sulfide) groups is 1. The first-order valence-corrected chi connectivity index (χ1v) is 7.24. The summed E-state index contributed by atoms with van der Waals surface area (Å²) >= 11 is 1.73. The number of carbonyl (C=O) groups is 1. The SMILES string of the molecule is C=CC1CCN(C(=O)[C@@H](N)CCSC)CC1.Cl. The number of piperidine rings is 1. The van der Waals surface area contributed by atoms with Crippen molar-refractivity contribution in [3.05, 3.63) is 12.7 Å². The fourth-order valence-corrected chi connectivity index (χ4v) is 2.45. The van der Waals surface area contributed by atoms with Crippen molar-refractivity contribution in [3.8, 4) is 0 Å². The lowest BCUT2D eigenvalue weighted by atomic mass is 9.96. The summed E-state index contributed by atoms with van der Waals surface area (Å²) in [6.07, 6.45) is 6.87. The fourth-order valence-electron chi connectivity index (χ4n) is 1.96. The van der Waals surface area contributed by atoms with E-state index in [-0.39, 0.29) is 24.4 Å². The van der Waals surface area contributed by atoms with Crippen LogP contribution in [0.15, 0.2) is 12.7 Å². The highest BCUT2D eigenvalue weighted by atomic mass is 35.5. The van der Waals surface area contributed by atoms with Gasteiger partial charge in [0.2, 0.25) is 5.91 Å². The number of nitrogens with two attached hydrogens (primary N) is 1. The van der Waals surface area contributed by atoms with Gasteiger partial charge in [0, 0.05) is 13.1 Å². The minimum atomic E-state index is -0.312. The van der Waals surface area contributed by atoms with Gasteiger partial charge in [-0.1, -0.05) is 6.08 Å². The van der Waals surface area contributed by atoms with E-state index in [1.54, 1.807) is 11.8 Å². The van der Waals surface area contributed by atoms with E-state index in [0.717, 1.165) is 38.1 Å². The average molecular weight is 279 g/mol. The van der Waals surface area contributed by atoms with E-state index in [9.17, 15) is 4.79 Å². The van der Waals surface area contributed by atoms with Crippen LogP contribution in [0.25, 0.3) is 0 Å². The lowest BCUT2D eigenvalue weighted by Gasteiger charge is -2.32. The highest BCUT2D eigenvalue weighted by Crippen LogP contribution is 2.18. The monoisotopic (exact) mass is 278 g/mol. The maximum Gasteiger partial charge on any atom is 0.239 e. The Balaban J connectivity index is 0.00000256. The second kappa shape index (κ2) is 8.84. The average Bonchev–Trinajstić information content (AvgIpc) is 2.35. The molecule has 3 nitrogen and oxygen atoms in total. The van der Waals surface area contributed by atoms with Crippen LogP contribution in [0.1, 0.15) is 19.3 Å². The molecule has 0 saturated carbocycles. The van der Waals surface area contributed by atoms with Gasteiger partial charge in [0.05, 0.1) is 6.04 Å². The topological polar surface area (TPSA) is 46.3 Å². The molecule has 1 rings (SSSR count). The largest absolute Gasteiger partial charge is 0.341 e. The van der Waals surface area contributed by atoms with Crippen molar-refractivity contribution in [3.63, 3.8) is 0 Å². The molecule has 5 heteroatoms. The Hall–Kier alpha value is -0.190. The molecule has 1 aliphatic heterocycles. The van der Waals surface area contributed by atoms with Crippen LogP contribution in [-0.2, 0) is 4.79 Å². The highest BCUT2D eigenvalue weighted by molar-refractivity contribution is 7.98. The molecule has 0 aromatic carbocycles. The molecule has 1 atom stereocenters. The van der Waals surface area contributed by atoms with E-state index >= 15 is 0 Å². The molecule has 1 fully saturated rings. The lowest BCUT2D eigenvalue weighted by Crippen LogP contribution is -2.47. The van der Waals surface area contributed by atoms with Crippen LogP contribution in [-0.4, -0.2) is 41.9 Å². The predicted octanol–water partition coefficient (Wildman–Crippen LogP) is 1.91. The van der Waals surface area contributed by atoms with E-state index in [4.69, 9.17) is 5.73 Å². The van der Waals surface area contributed by atoms with Crippen LogP contribution < -0.4 is 5.73 Å². The molecule has 1 aliphatic rings. The highest BCUT2D eigenvalue weighted by Gasteiger charge is 2.24. The Labute approximate surface area is 115 Å². The number of hydrogen-bond acceptors (Lipinski definition) is 3. The number of amides is 1. The summed E-state index contributed by atoms with van der Waals surface area (Å²) in [5.41, 5.74) is 5.88. The summed E-state index contributed by atoms with van der Waals surface area (Å²) in [7, 11) is 0. The third-order valence-corrected chi connectivity index (χ3v) is 3.78. The summed E-state index contributed by atoms with van der Waals surface area (Å²) < 4.78 is 0. The normalized spacial score (nSPS) is 18.4. The summed E-state index contributed by atoms with van der Waals surface area (Å²) in [6.45, 7) is 5.47. The van der Waals surface area contributed by atoms with Gasteiger partial charge in [0.15, 0.2) is 0 Å². The maximum absolute atomic E-state index is 12.0. The summed E-state index contributed by atoms with van der Waals surface area (Å²) in [4.78, 5) is 13.9. The van der Waals surface area contributed by atoms with Crippen molar-refractivity contribution in [1.82, 2.24) is 4.90 Å². The second-order valence-corrected chi connectivity index (χ2v) is 5.27. The quantitative estimate of drug-likeness (QED) is 0.782. The summed E-state index contributed by atoms with van der Waals surface area (Å²) in [5.74, 6) is 1.65. The predicted molar refractivity (Wildman–Crippen MR) is 77.7 cm³/mol. The molecule has 100 valence electrons. The third-order valence-electron chi connectivity index (χ3n) is 3.13. The van der Waals surface area contributed by atoms with Crippen LogP contribution in [0.3, 0.4) is 0 Å². The molecular weight excluding hydrogens is 256 g/mol. The number of rotatable bonds is 5. The van der Waals surface area contributed by atoms with Gasteiger partial charge < -0.3 is 10.6 Å². The minimum absolute atomic E-state index is 0. The molecule has 0 unspecified atom stereocenters. The van der Waals surface area contributed by atoms with Crippen LogP contribution in [0, 0.1) is 5.92 Å². The molecule has 0 aromatic heterocycles. The first-order chi connectivity index (χ1) is 7.69. The number of hydrogen-bond donors (Lipinski definition) is 1. The molecule has 17 heavy (non-hydrogen) atoms. The molecule has 0 radical (unpaired) electrons. The fraction of sp³-hybridized carbons (Fsp3) is 0.750. The number of nitrogens with zero attached hydrogens (tertiary/aromatic N) is 1. The summed E-state index contributed by atoms with van der Waals surface area (Å²) in [5, 5.41) is 0. The van der Waals surface area contributed by atoms with Crippen molar-refractivity contribution >= 4 is 30.1 Å². The minimum Gasteiger partial charge on any atom is -0.341 e. The van der Waals surface area contributed by atoms with Gasteiger partial charge in [-0.15, -0.1) is 19.0 Å². The van der Waals surface area contributed by atoms with E-state index in [2.05, 4.69) is 6.58 Å². The number of carbonyl (C=O) groups excluding carboxylic acids is 1. The zero-order valence-electron chi connectivity index (χ0n) is 10.4. The smallest absolute Gasteiger partial charge is 0.239 e.